The van der Waals surface area contributed by atoms with Crippen molar-refractivity contribution in [2.75, 3.05) is 18.5 Å². The molecule has 1 aliphatic heterocycles. The maximum atomic E-state index is 12.7. The molecule has 0 saturated heterocycles. The summed E-state index contributed by atoms with van der Waals surface area (Å²) in [4.78, 5) is 25.0. The van der Waals surface area contributed by atoms with E-state index in [1.807, 2.05) is 19.1 Å². The highest BCUT2D eigenvalue weighted by Gasteiger charge is 2.33. The minimum atomic E-state index is -0.654. The van der Waals surface area contributed by atoms with Gasteiger partial charge in [0.25, 0.3) is 0 Å². The number of urea groups is 1. The summed E-state index contributed by atoms with van der Waals surface area (Å²) in [5.74, 6) is -0.501. The predicted molar refractivity (Wildman–Crippen MR) is 114 cm³/mol. The zero-order valence-corrected chi connectivity index (χ0v) is 17.5. The van der Waals surface area contributed by atoms with E-state index in [9.17, 15) is 9.59 Å². The number of carbonyl (C=O) groups excluding carboxylic acids is 2. The average molecular weight is 434 g/mol. The molecule has 0 radical (unpaired) electrons. The summed E-state index contributed by atoms with van der Waals surface area (Å²) < 4.78 is 5.25. The molecule has 2 aromatic rings. The summed E-state index contributed by atoms with van der Waals surface area (Å²) in [6.07, 6.45) is 0. The van der Waals surface area contributed by atoms with Crippen molar-refractivity contribution in [3.63, 3.8) is 0 Å². The fourth-order valence-corrected chi connectivity index (χ4v) is 3.31. The normalized spacial score (nSPS) is 16.1. The van der Waals surface area contributed by atoms with E-state index in [0.29, 0.717) is 21.3 Å². The van der Waals surface area contributed by atoms with Crippen molar-refractivity contribution in [2.24, 2.45) is 0 Å². The number of hydrogen-bond acceptors (Lipinski definition) is 4. The number of esters is 1. The minimum Gasteiger partial charge on any atom is -0.463 e. The number of amides is 2. The smallest absolute Gasteiger partial charge is 0.338 e. The molecule has 8 heteroatoms. The number of nitrogens with one attached hydrogen (secondary N) is 3. The highest BCUT2D eigenvalue weighted by Crippen LogP contribution is 2.29. The van der Waals surface area contributed by atoms with Gasteiger partial charge in [0, 0.05) is 15.7 Å². The Morgan fingerprint density at radius 3 is 2.55 bits per heavy atom. The first-order valence-corrected chi connectivity index (χ1v) is 9.87. The molecule has 1 heterocycles. The molecule has 0 aromatic heterocycles. The molecule has 0 aliphatic carbocycles. The lowest BCUT2D eigenvalue weighted by Gasteiger charge is -2.29. The van der Waals surface area contributed by atoms with E-state index in [4.69, 9.17) is 27.9 Å². The van der Waals surface area contributed by atoms with Gasteiger partial charge in [-0.15, -0.1) is 0 Å². The van der Waals surface area contributed by atoms with Crippen molar-refractivity contribution >= 4 is 40.9 Å². The van der Waals surface area contributed by atoms with Crippen LogP contribution in [0.4, 0.5) is 10.5 Å². The van der Waals surface area contributed by atoms with E-state index >= 15 is 0 Å². The van der Waals surface area contributed by atoms with Crippen molar-refractivity contribution in [1.29, 1.82) is 0 Å². The standard InChI is InChI=1S/C21H21Cl2N3O3/c1-3-29-20(27)18-17(11-24-15-9-4-12(2)16(23)10-15)25-21(28)26-19(18)13-5-7-14(22)8-6-13/h4-10,19,24H,3,11H2,1-2H3,(H2,25,26,28)/t19-/m0/s1. The predicted octanol–water partition coefficient (Wildman–Crippen LogP) is 4.59. The number of anilines is 1. The second kappa shape index (κ2) is 9.20. The molecule has 6 nitrogen and oxygen atoms in total. The number of benzene rings is 2. The average Bonchev–Trinajstić information content (AvgIpc) is 2.69. The molecule has 1 aliphatic rings. The van der Waals surface area contributed by atoms with Crippen LogP contribution in [0.5, 0.6) is 0 Å². The minimum absolute atomic E-state index is 0.213. The molecule has 29 heavy (non-hydrogen) atoms. The lowest BCUT2D eigenvalue weighted by molar-refractivity contribution is -0.139. The quantitative estimate of drug-likeness (QED) is 0.582. The van der Waals surface area contributed by atoms with Crippen LogP contribution in [0, 0.1) is 6.92 Å². The fraction of sp³-hybridized carbons (Fsp3) is 0.238. The molecule has 0 saturated carbocycles. The van der Waals surface area contributed by atoms with Crippen LogP contribution >= 0.6 is 23.2 Å². The molecule has 2 amide bonds. The first-order chi connectivity index (χ1) is 13.9. The molecular weight excluding hydrogens is 413 g/mol. The van der Waals surface area contributed by atoms with Crippen LogP contribution in [0.25, 0.3) is 0 Å². The van der Waals surface area contributed by atoms with Crippen LogP contribution in [0.3, 0.4) is 0 Å². The van der Waals surface area contributed by atoms with Crippen LogP contribution in [0.15, 0.2) is 53.7 Å². The third kappa shape index (κ3) is 5.02. The number of halogens is 2. The monoisotopic (exact) mass is 433 g/mol. The van der Waals surface area contributed by atoms with E-state index < -0.39 is 18.0 Å². The SMILES string of the molecule is CCOC(=O)C1=C(CNc2ccc(C)c(Cl)c2)NC(=O)N[C@H]1c1ccc(Cl)cc1. The summed E-state index contributed by atoms with van der Waals surface area (Å²) in [5, 5.41) is 9.89. The molecule has 152 valence electrons. The van der Waals surface area contributed by atoms with Crippen LogP contribution in [-0.2, 0) is 9.53 Å². The van der Waals surface area contributed by atoms with Crippen molar-refractivity contribution in [1.82, 2.24) is 10.6 Å². The van der Waals surface area contributed by atoms with Gasteiger partial charge in [0.05, 0.1) is 30.5 Å². The Labute approximate surface area is 179 Å². The van der Waals surface area contributed by atoms with Gasteiger partial charge in [0.15, 0.2) is 0 Å². The number of aryl methyl sites for hydroxylation is 1. The topological polar surface area (TPSA) is 79.5 Å². The van der Waals surface area contributed by atoms with Crippen LogP contribution in [-0.4, -0.2) is 25.2 Å². The van der Waals surface area contributed by atoms with Gasteiger partial charge in [-0.25, -0.2) is 9.59 Å². The summed E-state index contributed by atoms with van der Waals surface area (Å²) in [5.41, 5.74) is 3.22. The van der Waals surface area contributed by atoms with Gasteiger partial charge in [-0.2, -0.15) is 0 Å². The third-order valence-electron chi connectivity index (χ3n) is 4.49. The van der Waals surface area contributed by atoms with Gasteiger partial charge in [0.1, 0.15) is 0 Å². The highest BCUT2D eigenvalue weighted by molar-refractivity contribution is 6.31. The van der Waals surface area contributed by atoms with Gasteiger partial charge in [-0.1, -0.05) is 41.4 Å². The van der Waals surface area contributed by atoms with Gasteiger partial charge in [-0.05, 0) is 49.2 Å². The lowest BCUT2D eigenvalue weighted by atomic mass is 9.95. The van der Waals surface area contributed by atoms with Crippen LogP contribution < -0.4 is 16.0 Å². The second-order valence-electron chi connectivity index (χ2n) is 6.51. The first kappa shape index (κ1) is 21.0. The number of ether oxygens (including phenoxy) is 1. The Hall–Kier alpha value is -2.70. The third-order valence-corrected chi connectivity index (χ3v) is 5.15. The van der Waals surface area contributed by atoms with Gasteiger partial charge in [-0.3, -0.25) is 0 Å². The van der Waals surface area contributed by atoms with E-state index in [0.717, 1.165) is 16.8 Å². The van der Waals surface area contributed by atoms with E-state index in [1.54, 1.807) is 37.3 Å². The Morgan fingerprint density at radius 1 is 1.17 bits per heavy atom. The van der Waals surface area contributed by atoms with Gasteiger partial charge < -0.3 is 20.7 Å². The van der Waals surface area contributed by atoms with Crippen LogP contribution in [0.2, 0.25) is 10.0 Å². The maximum Gasteiger partial charge on any atom is 0.338 e. The largest absolute Gasteiger partial charge is 0.463 e. The molecule has 1 atom stereocenters. The molecule has 0 unspecified atom stereocenters. The Bertz CT molecular complexity index is 958. The van der Waals surface area contributed by atoms with Crippen molar-refractivity contribution < 1.29 is 14.3 Å². The van der Waals surface area contributed by atoms with Gasteiger partial charge >= 0.3 is 12.0 Å². The molecular formula is C21H21Cl2N3O3. The van der Waals surface area contributed by atoms with Gasteiger partial charge in [0.2, 0.25) is 0 Å². The molecule has 0 spiro atoms. The lowest BCUT2D eigenvalue weighted by Crippen LogP contribution is -2.47. The summed E-state index contributed by atoms with van der Waals surface area (Å²) in [6.45, 7) is 4.08. The highest BCUT2D eigenvalue weighted by atomic mass is 35.5. The van der Waals surface area contributed by atoms with E-state index in [-0.39, 0.29) is 13.2 Å². The van der Waals surface area contributed by atoms with Crippen LogP contribution in [0.1, 0.15) is 24.1 Å². The zero-order valence-electron chi connectivity index (χ0n) is 16.0. The number of carbonyl (C=O) groups is 2. The van der Waals surface area contributed by atoms with Crippen molar-refractivity contribution in [3.05, 3.63) is 74.9 Å². The zero-order chi connectivity index (χ0) is 21.0. The molecule has 0 fully saturated rings. The second-order valence-corrected chi connectivity index (χ2v) is 7.36. The Kier molecular flexibility index (Phi) is 6.67. The Morgan fingerprint density at radius 2 is 1.90 bits per heavy atom. The Balaban J connectivity index is 1.95. The van der Waals surface area contributed by atoms with E-state index in [1.165, 1.54) is 0 Å². The molecule has 3 N–H and O–H groups in total. The number of hydrogen-bond donors (Lipinski definition) is 3. The molecule has 0 bridgehead atoms. The molecule has 2 aromatic carbocycles. The summed E-state index contributed by atoms with van der Waals surface area (Å²) in [7, 11) is 0. The maximum absolute atomic E-state index is 12.7. The molecule has 3 rings (SSSR count). The van der Waals surface area contributed by atoms with Crippen molar-refractivity contribution in [3.8, 4) is 0 Å². The fourth-order valence-electron chi connectivity index (χ4n) is 3.01. The summed E-state index contributed by atoms with van der Waals surface area (Å²) in [6, 6.07) is 11.5. The number of rotatable bonds is 6. The van der Waals surface area contributed by atoms with E-state index in [2.05, 4.69) is 16.0 Å². The van der Waals surface area contributed by atoms with Crippen molar-refractivity contribution in [2.45, 2.75) is 19.9 Å². The first-order valence-electron chi connectivity index (χ1n) is 9.12. The summed E-state index contributed by atoms with van der Waals surface area (Å²) >= 11 is 12.2.